The minimum Gasteiger partial charge on any atom is -0.361 e. The van der Waals surface area contributed by atoms with Crippen LogP contribution in [0.2, 0.25) is 0 Å². The molecule has 11 heteroatoms. The van der Waals surface area contributed by atoms with Gasteiger partial charge in [-0.3, -0.25) is 19.1 Å². The van der Waals surface area contributed by atoms with E-state index in [1.54, 1.807) is 36.7 Å². The molecule has 2 atom stereocenters. The van der Waals surface area contributed by atoms with Crippen molar-refractivity contribution in [3.63, 3.8) is 0 Å². The Bertz CT molecular complexity index is 1980. The van der Waals surface area contributed by atoms with Crippen LogP contribution in [0.3, 0.4) is 0 Å². The molecular weight excluding hydrogens is 633 g/mol. The van der Waals surface area contributed by atoms with Gasteiger partial charge in [0.25, 0.3) is 11.8 Å². The number of sulfonamides is 1. The number of carbonyl (C=O) groups is 3. The number of aromatic amines is 1. The molecule has 0 aliphatic carbocycles. The number of fused-ring (bicyclic) bond motifs is 1. The predicted octanol–water partition coefficient (Wildman–Crippen LogP) is 5.39. The Labute approximate surface area is 279 Å². The van der Waals surface area contributed by atoms with Crippen molar-refractivity contribution in [2.45, 2.75) is 45.7 Å². The Morgan fingerprint density at radius 2 is 1.60 bits per heavy atom. The molecule has 3 N–H and O–H groups in total. The minimum atomic E-state index is -3.91. The van der Waals surface area contributed by atoms with Gasteiger partial charge in [-0.25, -0.2) is 8.42 Å². The largest absolute Gasteiger partial charge is 0.361 e. The highest BCUT2D eigenvalue weighted by atomic mass is 32.2. The highest BCUT2D eigenvalue weighted by Gasteiger charge is 2.33. The first-order valence-corrected chi connectivity index (χ1v) is 17.9. The molecule has 0 spiro atoms. The van der Waals surface area contributed by atoms with Crippen LogP contribution in [0, 0.1) is 13.8 Å². The second kappa shape index (κ2) is 14.4. The monoisotopic (exact) mass is 670 g/mol. The van der Waals surface area contributed by atoms with Crippen molar-refractivity contribution >= 4 is 50.0 Å². The smallest absolute Gasteiger partial charge is 0.256 e. The number of rotatable bonds is 12. The van der Waals surface area contributed by atoms with Crippen molar-refractivity contribution < 1.29 is 22.8 Å². The molecule has 0 unspecified atom stereocenters. The van der Waals surface area contributed by atoms with E-state index in [1.165, 1.54) is 11.8 Å². The lowest BCUT2D eigenvalue weighted by molar-refractivity contribution is -0.130. The van der Waals surface area contributed by atoms with Gasteiger partial charge in [-0.2, -0.15) is 11.3 Å². The summed E-state index contributed by atoms with van der Waals surface area (Å²) in [6.45, 7) is 5.23. The molecule has 5 rings (SSSR count). The van der Waals surface area contributed by atoms with E-state index in [2.05, 4.69) is 20.4 Å². The Kier molecular flexibility index (Phi) is 10.3. The average Bonchev–Trinajstić information content (AvgIpc) is 3.73. The van der Waals surface area contributed by atoms with E-state index < -0.39 is 33.9 Å². The minimum absolute atomic E-state index is 0.0254. The van der Waals surface area contributed by atoms with Crippen molar-refractivity contribution in [3.8, 4) is 11.1 Å². The van der Waals surface area contributed by atoms with Gasteiger partial charge < -0.3 is 15.2 Å². The number of H-pyrrole nitrogens is 1. The van der Waals surface area contributed by atoms with Crippen molar-refractivity contribution in [1.29, 1.82) is 0 Å². The number of likely N-dealkylation sites (N-methyl/N-ethyl adjacent to an activating group) is 1. The van der Waals surface area contributed by atoms with E-state index in [9.17, 15) is 22.8 Å². The molecule has 2 aromatic heterocycles. The lowest BCUT2D eigenvalue weighted by atomic mass is 9.99. The van der Waals surface area contributed by atoms with Crippen LogP contribution >= 0.6 is 11.3 Å². The first-order valence-electron chi connectivity index (χ1n) is 15.3. The van der Waals surface area contributed by atoms with Crippen LogP contribution in [0.15, 0.2) is 89.8 Å². The van der Waals surface area contributed by atoms with E-state index in [-0.39, 0.29) is 24.5 Å². The molecule has 0 radical (unpaired) electrons. The fourth-order valence-electron chi connectivity index (χ4n) is 5.63. The van der Waals surface area contributed by atoms with Gasteiger partial charge in [0.05, 0.1) is 5.75 Å². The van der Waals surface area contributed by atoms with Gasteiger partial charge in [-0.05, 0) is 78.1 Å². The molecule has 0 saturated carbocycles. The number of nitrogens with zero attached hydrogens (tertiary/aromatic N) is 1. The topological polar surface area (TPSA) is 128 Å². The fraction of sp³-hybridized carbons (Fsp3) is 0.250. The van der Waals surface area contributed by atoms with Gasteiger partial charge in [0.15, 0.2) is 0 Å². The van der Waals surface area contributed by atoms with Gasteiger partial charge in [0.1, 0.15) is 12.1 Å². The summed E-state index contributed by atoms with van der Waals surface area (Å²) in [5.74, 6) is -2.09. The summed E-state index contributed by atoms with van der Waals surface area (Å²) in [6, 6.07) is 20.6. The molecule has 47 heavy (non-hydrogen) atoms. The summed E-state index contributed by atoms with van der Waals surface area (Å²) in [5.41, 5.74) is 6.79. The van der Waals surface area contributed by atoms with Crippen molar-refractivity contribution in [1.82, 2.24) is 19.9 Å². The molecule has 0 aliphatic heterocycles. The Morgan fingerprint density at radius 3 is 2.26 bits per heavy atom. The third-order valence-corrected chi connectivity index (χ3v) is 10.1. The number of hydrogen-bond donors (Lipinski definition) is 3. The second-order valence-corrected chi connectivity index (χ2v) is 14.5. The Hall–Kier alpha value is -4.74. The Balaban J connectivity index is 1.47. The SMILES string of the molecule is CCS(=O)(=O)NC(=O)[C@H](Cc1c[nH]c2ccccc12)NC(=O)[C@@H](Cc1ccc(-c2ccsc2)cc1)N(C)C(=O)c1cc(C)cc(C)c1. The van der Waals surface area contributed by atoms with Gasteiger partial charge in [-0.1, -0.05) is 59.7 Å². The van der Waals surface area contributed by atoms with Gasteiger partial charge >= 0.3 is 0 Å². The lowest BCUT2D eigenvalue weighted by Gasteiger charge is -2.29. The zero-order valence-electron chi connectivity index (χ0n) is 26.7. The van der Waals surface area contributed by atoms with Crippen LogP contribution in [0.25, 0.3) is 22.0 Å². The molecule has 2 heterocycles. The zero-order chi connectivity index (χ0) is 33.7. The number of benzene rings is 3. The molecule has 0 saturated heterocycles. The van der Waals surface area contributed by atoms with Crippen LogP contribution < -0.4 is 10.0 Å². The standard InChI is InChI=1S/C36H38N4O5S2/c1-5-47(44,45)39-34(41)32(20-29-21-37-31-9-7-6-8-30(29)31)38-35(42)33(40(4)36(43)28-17-23(2)16-24(3)18-28)19-25-10-12-26(13-11-25)27-14-15-46-22-27/h6-18,21-22,32-33,37H,5,19-20H2,1-4H3,(H,38,42)(H,39,41)/t32-,33+/m0/s1. The maximum Gasteiger partial charge on any atom is 0.256 e. The predicted molar refractivity (Wildman–Crippen MR) is 187 cm³/mol. The number of carbonyl (C=O) groups excluding carboxylic acids is 3. The average molecular weight is 671 g/mol. The van der Waals surface area contributed by atoms with E-state index in [1.807, 2.05) is 79.9 Å². The number of amides is 3. The molecule has 3 amide bonds. The molecule has 0 aliphatic rings. The molecular formula is C36H38N4O5S2. The highest BCUT2D eigenvalue weighted by Crippen LogP contribution is 2.24. The van der Waals surface area contributed by atoms with Gasteiger partial charge in [0.2, 0.25) is 15.9 Å². The number of hydrogen-bond acceptors (Lipinski definition) is 6. The summed E-state index contributed by atoms with van der Waals surface area (Å²) in [5, 5.41) is 7.72. The number of aromatic nitrogens is 1. The Morgan fingerprint density at radius 1 is 0.894 bits per heavy atom. The summed E-state index contributed by atoms with van der Waals surface area (Å²) >= 11 is 1.60. The van der Waals surface area contributed by atoms with Crippen molar-refractivity contribution in [2.75, 3.05) is 12.8 Å². The van der Waals surface area contributed by atoms with E-state index in [4.69, 9.17) is 0 Å². The molecule has 0 bridgehead atoms. The highest BCUT2D eigenvalue weighted by molar-refractivity contribution is 7.90. The van der Waals surface area contributed by atoms with Crippen LogP contribution in [0.5, 0.6) is 0 Å². The number of nitrogens with one attached hydrogen (secondary N) is 3. The first kappa shape index (κ1) is 33.6. The zero-order valence-corrected chi connectivity index (χ0v) is 28.4. The summed E-state index contributed by atoms with van der Waals surface area (Å²) in [4.78, 5) is 46.0. The quantitative estimate of drug-likeness (QED) is 0.164. The van der Waals surface area contributed by atoms with E-state index >= 15 is 0 Å². The van der Waals surface area contributed by atoms with Crippen molar-refractivity contribution in [2.24, 2.45) is 0 Å². The maximum atomic E-state index is 14.2. The maximum absolute atomic E-state index is 14.2. The van der Waals surface area contributed by atoms with Gasteiger partial charge in [-0.15, -0.1) is 0 Å². The third-order valence-electron chi connectivity index (χ3n) is 8.16. The number of aryl methyl sites for hydroxylation is 2. The summed E-state index contributed by atoms with van der Waals surface area (Å²) < 4.78 is 26.9. The van der Waals surface area contributed by atoms with E-state index in [0.29, 0.717) is 5.56 Å². The van der Waals surface area contributed by atoms with Crippen molar-refractivity contribution in [3.05, 3.63) is 118 Å². The molecule has 9 nitrogen and oxygen atoms in total. The normalized spacial score (nSPS) is 12.8. The second-order valence-electron chi connectivity index (χ2n) is 11.7. The first-order chi connectivity index (χ1) is 22.4. The summed E-state index contributed by atoms with van der Waals surface area (Å²) in [6.07, 6.45) is 1.93. The lowest BCUT2D eigenvalue weighted by Crippen LogP contribution is -2.56. The number of thiophene rings is 1. The van der Waals surface area contributed by atoms with Crippen LogP contribution in [-0.2, 0) is 32.5 Å². The van der Waals surface area contributed by atoms with Crippen LogP contribution in [-0.4, -0.2) is 60.9 Å². The van der Waals surface area contributed by atoms with Crippen LogP contribution in [0.4, 0.5) is 0 Å². The number of para-hydroxylation sites is 1. The summed E-state index contributed by atoms with van der Waals surface area (Å²) in [7, 11) is -2.34. The van der Waals surface area contributed by atoms with E-state index in [0.717, 1.165) is 44.3 Å². The molecule has 0 fully saturated rings. The fourth-order valence-corrected chi connectivity index (χ4v) is 6.89. The van der Waals surface area contributed by atoms with Gasteiger partial charge in [0, 0.05) is 42.6 Å². The van der Waals surface area contributed by atoms with Crippen LogP contribution in [0.1, 0.15) is 39.5 Å². The molecule has 3 aromatic carbocycles. The molecule has 5 aromatic rings. The third kappa shape index (κ3) is 8.16. The molecule has 244 valence electrons.